The molecule has 1 aromatic heterocycles. The van der Waals surface area contributed by atoms with Gasteiger partial charge in [0.05, 0.1) is 12.0 Å². The lowest BCUT2D eigenvalue weighted by Gasteiger charge is -2.19. The molecular formula is C17H27N5O3. The smallest absolute Gasteiger partial charge is 0.308 e. The highest BCUT2D eigenvalue weighted by Crippen LogP contribution is 2.08. The van der Waals surface area contributed by atoms with Crippen LogP contribution >= 0.6 is 0 Å². The maximum atomic E-state index is 11.7. The van der Waals surface area contributed by atoms with Crippen LogP contribution in [-0.4, -0.2) is 39.8 Å². The number of aromatic nitrogens is 2. The van der Waals surface area contributed by atoms with Gasteiger partial charge in [-0.15, -0.1) is 0 Å². The van der Waals surface area contributed by atoms with Gasteiger partial charge in [-0.25, -0.2) is 9.97 Å². The van der Waals surface area contributed by atoms with Gasteiger partial charge in [0.1, 0.15) is 17.3 Å². The molecule has 0 radical (unpaired) electrons. The average molecular weight is 349 g/mol. The van der Waals surface area contributed by atoms with Gasteiger partial charge in [-0.2, -0.15) is 0 Å². The first kappa shape index (κ1) is 20.5. The Balaban J connectivity index is 2.14. The van der Waals surface area contributed by atoms with Crippen molar-refractivity contribution in [3.63, 3.8) is 0 Å². The molecule has 0 saturated carbocycles. The third-order valence-corrected chi connectivity index (χ3v) is 3.14. The number of amidine groups is 1. The van der Waals surface area contributed by atoms with Gasteiger partial charge in [0.2, 0.25) is 5.91 Å². The first-order valence-corrected chi connectivity index (χ1v) is 8.31. The van der Waals surface area contributed by atoms with E-state index in [1.807, 2.05) is 0 Å². The Hall–Kier alpha value is -2.51. The van der Waals surface area contributed by atoms with Gasteiger partial charge in [0.15, 0.2) is 0 Å². The normalized spacial score (nSPS) is 11.0. The van der Waals surface area contributed by atoms with Crippen LogP contribution in [0.3, 0.4) is 0 Å². The Kier molecular flexibility index (Phi) is 7.97. The number of ether oxygens (including phenoxy) is 1. The lowest BCUT2D eigenvalue weighted by Crippen LogP contribution is -2.29. The van der Waals surface area contributed by atoms with Crippen molar-refractivity contribution in [1.82, 2.24) is 15.3 Å². The van der Waals surface area contributed by atoms with Crippen LogP contribution in [-0.2, 0) is 20.7 Å². The molecule has 0 bridgehead atoms. The average Bonchev–Trinajstić information content (AvgIpc) is 2.50. The van der Waals surface area contributed by atoms with Crippen LogP contribution in [0.2, 0.25) is 0 Å². The molecule has 138 valence electrons. The molecule has 0 fully saturated rings. The molecule has 0 aliphatic carbocycles. The second-order valence-corrected chi connectivity index (χ2v) is 6.70. The molecule has 0 unspecified atom stereocenters. The largest absolute Gasteiger partial charge is 0.460 e. The molecule has 4 N–H and O–H groups in total. The van der Waals surface area contributed by atoms with E-state index in [0.29, 0.717) is 30.7 Å². The summed E-state index contributed by atoms with van der Waals surface area (Å²) in [5, 5.41) is 9.98. The standard InChI is InChI=1S/C17H27N5O3/c1-17(2,3)25-15(24)8-9-20-14(23)7-5-4-6-13-21-10-12(11-22-13)16(18)19/h10-11H,4-9H2,1-3H3,(H3,18,19)(H,20,23). The highest BCUT2D eigenvalue weighted by atomic mass is 16.6. The number of carbonyl (C=O) groups excluding carboxylic acids is 2. The number of nitrogen functional groups attached to an aromatic ring is 1. The molecular weight excluding hydrogens is 322 g/mol. The van der Waals surface area contributed by atoms with Gasteiger partial charge in [-0.3, -0.25) is 15.0 Å². The topological polar surface area (TPSA) is 131 Å². The van der Waals surface area contributed by atoms with Crippen LogP contribution in [0, 0.1) is 5.41 Å². The number of unbranched alkanes of at least 4 members (excludes halogenated alkanes) is 1. The summed E-state index contributed by atoms with van der Waals surface area (Å²) < 4.78 is 5.16. The molecule has 0 atom stereocenters. The SMILES string of the molecule is CC(C)(C)OC(=O)CCNC(=O)CCCCc1ncc(C(=N)N)cn1. The third-order valence-electron chi connectivity index (χ3n) is 3.14. The van der Waals surface area contributed by atoms with E-state index in [4.69, 9.17) is 15.9 Å². The van der Waals surface area contributed by atoms with E-state index in [0.717, 1.165) is 6.42 Å². The maximum Gasteiger partial charge on any atom is 0.308 e. The minimum atomic E-state index is -0.508. The van der Waals surface area contributed by atoms with Crippen molar-refractivity contribution in [3.8, 4) is 0 Å². The van der Waals surface area contributed by atoms with Crippen LogP contribution in [0.5, 0.6) is 0 Å². The molecule has 0 aliphatic rings. The van der Waals surface area contributed by atoms with E-state index < -0.39 is 5.60 Å². The molecule has 25 heavy (non-hydrogen) atoms. The monoisotopic (exact) mass is 349 g/mol. The number of nitrogens with zero attached hydrogens (tertiary/aromatic N) is 2. The van der Waals surface area contributed by atoms with Gasteiger partial charge in [-0.1, -0.05) is 0 Å². The van der Waals surface area contributed by atoms with Crippen LogP contribution in [0.25, 0.3) is 0 Å². The summed E-state index contributed by atoms with van der Waals surface area (Å²) in [6.07, 6.45) is 5.74. The van der Waals surface area contributed by atoms with Crippen molar-refractivity contribution in [3.05, 3.63) is 23.8 Å². The number of hydrogen-bond acceptors (Lipinski definition) is 6. The minimum Gasteiger partial charge on any atom is -0.460 e. The van der Waals surface area contributed by atoms with Crippen molar-refractivity contribution in [1.29, 1.82) is 5.41 Å². The Morgan fingerprint density at radius 1 is 1.20 bits per heavy atom. The fourth-order valence-corrected chi connectivity index (χ4v) is 1.98. The Labute approximate surface area is 148 Å². The predicted octanol–water partition coefficient (Wildman–Crippen LogP) is 1.32. The number of esters is 1. The summed E-state index contributed by atoms with van der Waals surface area (Å²) in [6.45, 7) is 5.70. The quantitative estimate of drug-likeness (QED) is 0.267. The lowest BCUT2D eigenvalue weighted by atomic mass is 10.1. The van der Waals surface area contributed by atoms with E-state index in [1.54, 1.807) is 20.8 Å². The van der Waals surface area contributed by atoms with Crippen molar-refractivity contribution in [2.75, 3.05) is 6.54 Å². The number of carbonyl (C=O) groups is 2. The summed E-state index contributed by atoms with van der Waals surface area (Å²) in [5.41, 5.74) is 5.32. The molecule has 1 aromatic rings. The van der Waals surface area contributed by atoms with E-state index in [2.05, 4.69) is 15.3 Å². The number of aryl methyl sites for hydroxylation is 1. The van der Waals surface area contributed by atoms with Gasteiger partial charge in [-0.05, 0) is 33.6 Å². The molecule has 0 aromatic carbocycles. The zero-order valence-corrected chi connectivity index (χ0v) is 15.1. The first-order chi connectivity index (χ1) is 11.7. The van der Waals surface area contributed by atoms with Crippen molar-refractivity contribution >= 4 is 17.7 Å². The molecule has 1 amide bonds. The van der Waals surface area contributed by atoms with Crippen molar-refractivity contribution in [2.45, 2.75) is 58.5 Å². The molecule has 8 nitrogen and oxygen atoms in total. The van der Waals surface area contributed by atoms with Gasteiger partial charge in [0.25, 0.3) is 0 Å². The van der Waals surface area contributed by atoms with E-state index in [1.165, 1.54) is 12.4 Å². The van der Waals surface area contributed by atoms with Gasteiger partial charge in [0, 0.05) is 31.8 Å². The molecule has 0 saturated heterocycles. The van der Waals surface area contributed by atoms with E-state index >= 15 is 0 Å². The fourth-order valence-electron chi connectivity index (χ4n) is 1.98. The second-order valence-electron chi connectivity index (χ2n) is 6.70. The lowest BCUT2D eigenvalue weighted by molar-refractivity contribution is -0.154. The number of hydrogen-bond donors (Lipinski definition) is 3. The van der Waals surface area contributed by atoms with Crippen molar-refractivity contribution in [2.24, 2.45) is 5.73 Å². The molecule has 8 heteroatoms. The van der Waals surface area contributed by atoms with Gasteiger partial charge < -0.3 is 15.8 Å². The number of nitrogens with one attached hydrogen (secondary N) is 2. The Morgan fingerprint density at radius 2 is 1.84 bits per heavy atom. The second kappa shape index (κ2) is 9.71. The highest BCUT2D eigenvalue weighted by molar-refractivity contribution is 5.94. The van der Waals surface area contributed by atoms with Gasteiger partial charge >= 0.3 is 5.97 Å². The molecule has 0 aliphatic heterocycles. The fraction of sp³-hybridized carbons (Fsp3) is 0.588. The first-order valence-electron chi connectivity index (χ1n) is 8.31. The zero-order chi connectivity index (χ0) is 18.9. The summed E-state index contributed by atoms with van der Waals surface area (Å²) in [6, 6.07) is 0. The predicted molar refractivity (Wildman–Crippen MR) is 94.1 cm³/mol. The summed E-state index contributed by atoms with van der Waals surface area (Å²) in [4.78, 5) is 31.5. The van der Waals surface area contributed by atoms with Crippen molar-refractivity contribution < 1.29 is 14.3 Å². The molecule has 0 spiro atoms. The van der Waals surface area contributed by atoms with Crippen LogP contribution < -0.4 is 11.1 Å². The number of nitrogens with two attached hydrogens (primary N) is 1. The Morgan fingerprint density at radius 3 is 2.40 bits per heavy atom. The van der Waals surface area contributed by atoms with Crippen LogP contribution in [0.1, 0.15) is 57.8 Å². The minimum absolute atomic E-state index is 0.0606. The summed E-state index contributed by atoms with van der Waals surface area (Å²) in [7, 11) is 0. The maximum absolute atomic E-state index is 11.7. The van der Waals surface area contributed by atoms with E-state index in [-0.39, 0.29) is 30.7 Å². The van der Waals surface area contributed by atoms with Crippen LogP contribution in [0.4, 0.5) is 0 Å². The summed E-state index contributed by atoms with van der Waals surface area (Å²) >= 11 is 0. The third kappa shape index (κ3) is 9.39. The molecule has 1 rings (SSSR count). The van der Waals surface area contributed by atoms with Crippen LogP contribution in [0.15, 0.2) is 12.4 Å². The summed E-state index contributed by atoms with van der Waals surface area (Å²) in [5.74, 6) is 0.195. The number of rotatable bonds is 9. The zero-order valence-electron chi connectivity index (χ0n) is 15.1. The molecule has 1 heterocycles. The highest BCUT2D eigenvalue weighted by Gasteiger charge is 2.15. The van der Waals surface area contributed by atoms with E-state index in [9.17, 15) is 9.59 Å². The number of amides is 1. The Bertz CT molecular complexity index is 593.